The molecule has 1 aliphatic rings. The van der Waals surface area contributed by atoms with Gasteiger partial charge >= 0.3 is 6.03 Å². The number of aromatic nitrogens is 4. The molecule has 2 aromatic carbocycles. The normalized spacial score (nSPS) is 13.5. The van der Waals surface area contributed by atoms with Crippen LogP contribution in [0.4, 0.5) is 16.2 Å². The lowest BCUT2D eigenvalue weighted by molar-refractivity contribution is 0.102. The van der Waals surface area contributed by atoms with Crippen molar-refractivity contribution in [2.24, 2.45) is 7.05 Å². The Morgan fingerprint density at radius 2 is 2.00 bits per heavy atom. The fourth-order valence-corrected chi connectivity index (χ4v) is 2.92. The van der Waals surface area contributed by atoms with E-state index in [-0.39, 0.29) is 11.9 Å². The smallest absolute Gasteiger partial charge is 0.321 e. The van der Waals surface area contributed by atoms with Gasteiger partial charge in [-0.1, -0.05) is 12.1 Å². The SMILES string of the molecule is Cn1nnnc1-c1cccc(NC(=O)c2ccc(N3CCNC3=O)cc2)c1. The fourth-order valence-electron chi connectivity index (χ4n) is 2.92. The third-order valence-electron chi connectivity index (χ3n) is 4.30. The van der Waals surface area contributed by atoms with E-state index in [1.807, 2.05) is 18.2 Å². The second kappa shape index (κ2) is 6.87. The lowest BCUT2D eigenvalue weighted by Gasteiger charge is -2.14. The third kappa shape index (κ3) is 3.34. The first kappa shape index (κ1) is 16.7. The summed E-state index contributed by atoms with van der Waals surface area (Å²) in [7, 11) is 1.75. The molecule has 0 saturated carbocycles. The lowest BCUT2D eigenvalue weighted by atomic mass is 10.1. The monoisotopic (exact) mass is 363 g/mol. The molecule has 2 heterocycles. The van der Waals surface area contributed by atoms with Crippen molar-refractivity contribution in [2.75, 3.05) is 23.3 Å². The summed E-state index contributed by atoms with van der Waals surface area (Å²) in [6, 6.07) is 14.1. The van der Waals surface area contributed by atoms with Crippen molar-refractivity contribution in [3.8, 4) is 11.4 Å². The number of carbonyl (C=O) groups is 2. The van der Waals surface area contributed by atoms with Crippen LogP contribution in [0.25, 0.3) is 11.4 Å². The van der Waals surface area contributed by atoms with Crippen LogP contribution in [0.2, 0.25) is 0 Å². The number of aryl methyl sites for hydroxylation is 1. The van der Waals surface area contributed by atoms with Crippen LogP contribution in [0, 0.1) is 0 Å². The van der Waals surface area contributed by atoms with Crippen molar-refractivity contribution in [3.63, 3.8) is 0 Å². The van der Waals surface area contributed by atoms with Gasteiger partial charge < -0.3 is 10.6 Å². The van der Waals surface area contributed by atoms with Gasteiger partial charge in [-0.15, -0.1) is 5.10 Å². The highest BCUT2D eigenvalue weighted by Crippen LogP contribution is 2.21. The minimum Gasteiger partial charge on any atom is -0.336 e. The third-order valence-corrected chi connectivity index (χ3v) is 4.30. The molecule has 0 aliphatic carbocycles. The molecule has 9 nitrogen and oxygen atoms in total. The topological polar surface area (TPSA) is 105 Å². The van der Waals surface area contributed by atoms with E-state index in [0.29, 0.717) is 30.2 Å². The Labute approximate surface area is 155 Å². The molecule has 3 aromatic rings. The zero-order chi connectivity index (χ0) is 18.8. The highest BCUT2D eigenvalue weighted by atomic mass is 16.2. The van der Waals surface area contributed by atoms with Gasteiger partial charge in [0.1, 0.15) is 0 Å². The summed E-state index contributed by atoms with van der Waals surface area (Å²) in [5.41, 5.74) is 2.71. The Morgan fingerprint density at radius 1 is 1.19 bits per heavy atom. The molecule has 1 saturated heterocycles. The predicted octanol–water partition coefficient (Wildman–Crippen LogP) is 1.66. The zero-order valence-electron chi connectivity index (χ0n) is 14.6. The molecule has 0 bridgehead atoms. The second-order valence-electron chi connectivity index (χ2n) is 6.09. The number of hydrogen-bond donors (Lipinski definition) is 2. The summed E-state index contributed by atoms with van der Waals surface area (Å²) < 4.78 is 1.56. The summed E-state index contributed by atoms with van der Waals surface area (Å²) in [4.78, 5) is 25.9. The van der Waals surface area contributed by atoms with Gasteiger partial charge in [-0.05, 0) is 46.8 Å². The maximum absolute atomic E-state index is 12.5. The fraction of sp³-hybridized carbons (Fsp3) is 0.167. The van der Waals surface area contributed by atoms with Crippen LogP contribution in [0.15, 0.2) is 48.5 Å². The average Bonchev–Trinajstić information content (AvgIpc) is 3.30. The number of amides is 3. The van der Waals surface area contributed by atoms with E-state index >= 15 is 0 Å². The summed E-state index contributed by atoms with van der Waals surface area (Å²) in [5, 5.41) is 17.0. The van der Waals surface area contributed by atoms with E-state index in [9.17, 15) is 9.59 Å². The van der Waals surface area contributed by atoms with Crippen LogP contribution in [0.3, 0.4) is 0 Å². The Balaban J connectivity index is 1.49. The molecule has 136 valence electrons. The molecule has 1 fully saturated rings. The molecule has 0 spiro atoms. The molecule has 0 radical (unpaired) electrons. The van der Waals surface area contributed by atoms with Crippen molar-refractivity contribution in [2.45, 2.75) is 0 Å². The van der Waals surface area contributed by atoms with Gasteiger partial charge in [-0.2, -0.15) is 0 Å². The van der Waals surface area contributed by atoms with Crippen LogP contribution in [0.1, 0.15) is 10.4 Å². The first-order valence-electron chi connectivity index (χ1n) is 8.41. The zero-order valence-corrected chi connectivity index (χ0v) is 14.6. The lowest BCUT2D eigenvalue weighted by Crippen LogP contribution is -2.27. The molecule has 2 N–H and O–H groups in total. The van der Waals surface area contributed by atoms with Crippen molar-refractivity contribution in [3.05, 3.63) is 54.1 Å². The van der Waals surface area contributed by atoms with E-state index < -0.39 is 0 Å². The van der Waals surface area contributed by atoms with Gasteiger partial charge in [-0.25, -0.2) is 9.48 Å². The number of nitrogens with zero attached hydrogens (tertiary/aromatic N) is 5. The van der Waals surface area contributed by atoms with Gasteiger partial charge in [0.2, 0.25) is 0 Å². The minimum absolute atomic E-state index is 0.123. The maximum atomic E-state index is 12.5. The standard InChI is InChI=1S/C18H17N7O2/c1-24-16(21-22-23-24)13-3-2-4-14(11-13)20-17(26)12-5-7-15(8-6-12)25-10-9-19-18(25)27/h2-8,11H,9-10H2,1H3,(H,19,27)(H,20,26). The average molecular weight is 363 g/mol. The molecule has 3 amide bonds. The van der Waals surface area contributed by atoms with Gasteiger partial charge in [-0.3, -0.25) is 9.69 Å². The number of benzene rings is 2. The van der Waals surface area contributed by atoms with Crippen molar-refractivity contribution in [1.29, 1.82) is 0 Å². The molecule has 4 rings (SSSR count). The highest BCUT2D eigenvalue weighted by Gasteiger charge is 2.21. The second-order valence-corrected chi connectivity index (χ2v) is 6.09. The summed E-state index contributed by atoms with van der Waals surface area (Å²) in [5.74, 6) is 0.375. The van der Waals surface area contributed by atoms with Crippen LogP contribution >= 0.6 is 0 Å². The predicted molar refractivity (Wildman–Crippen MR) is 99.4 cm³/mol. The summed E-state index contributed by atoms with van der Waals surface area (Å²) >= 11 is 0. The Morgan fingerprint density at radius 3 is 2.67 bits per heavy atom. The number of rotatable bonds is 4. The van der Waals surface area contributed by atoms with Crippen LogP contribution in [-0.4, -0.2) is 45.2 Å². The first-order chi connectivity index (χ1) is 13.1. The largest absolute Gasteiger partial charge is 0.336 e. The van der Waals surface area contributed by atoms with E-state index in [2.05, 4.69) is 26.2 Å². The molecule has 27 heavy (non-hydrogen) atoms. The molecule has 0 unspecified atom stereocenters. The Kier molecular flexibility index (Phi) is 4.25. The molecule has 1 aromatic heterocycles. The number of carbonyl (C=O) groups excluding carboxylic acids is 2. The van der Waals surface area contributed by atoms with E-state index in [1.165, 1.54) is 0 Å². The van der Waals surface area contributed by atoms with E-state index in [1.54, 1.807) is 47.0 Å². The summed E-state index contributed by atoms with van der Waals surface area (Å²) in [6.07, 6.45) is 0. The maximum Gasteiger partial charge on any atom is 0.321 e. The minimum atomic E-state index is -0.235. The number of hydrogen-bond acceptors (Lipinski definition) is 5. The van der Waals surface area contributed by atoms with Gasteiger partial charge in [0.25, 0.3) is 5.91 Å². The first-order valence-corrected chi connectivity index (χ1v) is 8.41. The van der Waals surface area contributed by atoms with Crippen molar-refractivity contribution in [1.82, 2.24) is 25.5 Å². The number of tetrazole rings is 1. The highest BCUT2D eigenvalue weighted by molar-refractivity contribution is 6.05. The Bertz CT molecular complexity index is 997. The molecule has 0 atom stereocenters. The summed E-state index contributed by atoms with van der Waals surface area (Å²) in [6.45, 7) is 1.24. The van der Waals surface area contributed by atoms with Crippen LogP contribution < -0.4 is 15.5 Å². The van der Waals surface area contributed by atoms with Crippen LogP contribution in [-0.2, 0) is 7.05 Å². The number of anilines is 2. The molecular formula is C18H17N7O2. The van der Waals surface area contributed by atoms with Gasteiger partial charge in [0, 0.05) is 42.6 Å². The van der Waals surface area contributed by atoms with E-state index in [4.69, 9.17) is 0 Å². The van der Waals surface area contributed by atoms with Crippen molar-refractivity contribution >= 4 is 23.3 Å². The molecular weight excluding hydrogens is 346 g/mol. The van der Waals surface area contributed by atoms with Gasteiger partial charge in [0.15, 0.2) is 5.82 Å². The van der Waals surface area contributed by atoms with E-state index in [0.717, 1.165) is 11.3 Å². The Hall–Kier alpha value is -3.75. The molecule has 1 aliphatic heterocycles. The van der Waals surface area contributed by atoms with Crippen molar-refractivity contribution < 1.29 is 9.59 Å². The van der Waals surface area contributed by atoms with Gasteiger partial charge in [0.05, 0.1) is 0 Å². The number of nitrogens with one attached hydrogen (secondary N) is 2. The number of urea groups is 1. The quantitative estimate of drug-likeness (QED) is 0.733. The van der Waals surface area contributed by atoms with Crippen LogP contribution in [0.5, 0.6) is 0 Å². The molecule has 9 heteroatoms.